The summed E-state index contributed by atoms with van der Waals surface area (Å²) in [6, 6.07) is 24.6. The Morgan fingerprint density at radius 2 is 1.33 bits per heavy atom. The van der Waals surface area contributed by atoms with Gasteiger partial charge in [-0.3, -0.25) is 4.79 Å². The maximum atomic E-state index is 12.4. The van der Waals surface area contributed by atoms with Crippen LogP contribution in [-0.2, 0) is 0 Å². The number of carbonyl (C=O) groups is 1. The minimum absolute atomic E-state index is 0.198. The number of nitrogens with one attached hydrogen (secondary N) is 2. The number of carbonyl (C=O) groups excluding carboxylic acids is 1. The van der Waals surface area contributed by atoms with Crippen molar-refractivity contribution in [2.24, 2.45) is 0 Å². The normalized spacial score (nSPS) is 10.0. The summed E-state index contributed by atoms with van der Waals surface area (Å²) in [6.45, 7) is 0. The molecule has 0 saturated carbocycles. The monoisotopic (exact) mass is 318 g/mol. The van der Waals surface area contributed by atoms with Crippen LogP contribution in [-0.4, -0.2) is 13.0 Å². The van der Waals surface area contributed by atoms with Gasteiger partial charge in [-0.1, -0.05) is 30.3 Å². The van der Waals surface area contributed by atoms with Crippen LogP contribution in [0, 0.1) is 0 Å². The fourth-order valence-corrected chi connectivity index (χ4v) is 2.36. The zero-order valence-electron chi connectivity index (χ0n) is 13.3. The lowest BCUT2D eigenvalue weighted by Crippen LogP contribution is -2.13. The molecule has 0 fully saturated rings. The molecule has 2 N–H and O–H groups in total. The summed E-state index contributed by atoms with van der Waals surface area (Å²) in [4.78, 5) is 12.4. The van der Waals surface area contributed by atoms with Crippen LogP contribution in [0.4, 0.5) is 17.1 Å². The molecule has 0 unspecified atom stereocenters. The van der Waals surface area contributed by atoms with Crippen LogP contribution in [0.2, 0.25) is 0 Å². The third kappa shape index (κ3) is 3.73. The van der Waals surface area contributed by atoms with Crippen LogP contribution in [0.3, 0.4) is 0 Å². The highest BCUT2D eigenvalue weighted by molar-refractivity contribution is 6.06. The molecule has 0 bridgehead atoms. The van der Waals surface area contributed by atoms with Crippen LogP contribution >= 0.6 is 0 Å². The number of methoxy groups -OCH3 is 1. The van der Waals surface area contributed by atoms with Crippen molar-refractivity contribution in [2.45, 2.75) is 0 Å². The Morgan fingerprint density at radius 1 is 0.750 bits per heavy atom. The smallest absolute Gasteiger partial charge is 0.259 e. The summed E-state index contributed by atoms with van der Waals surface area (Å²) in [7, 11) is 1.55. The zero-order valence-corrected chi connectivity index (χ0v) is 13.3. The summed E-state index contributed by atoms with van der Waals surface area (Å²) >= 11 is 0. The molecule has 1 amide bonds. The first-order valence-electron chi connectivity index (χ1n) is 7.63. The summed E-state index contributed by atoms with van der Waals surface area (Å²) in [6.07, 6.45) is 0. The summed E-state index contributed by atoms with van der Waals surface area (Å²) in [5, 5.41) is 6.18. The molecule has 120 valence electrons. The predicted molar refractivity (Wildman–Crippen MR) is 97.1 cm³/mol. The molecule has 0 spiro atoms. The number of rotatable bonds is 5. The molecule has 0 aliphatic heterocycles. The maximum absolute atomic E-state index is 12.4. The third-order valence-corrected chi connectivity index (χ3v) is 3.56. The topological polar surface area (TPSA) is 50.4 Å². The molecule has 3 aromatic carbocycles. The van der Waals surface area contributed by atoms with Gasteiger partial charge in [-0.2, -0.15) is 0 Å². The van der Waals surface area contributed by atoms with Crippen LogP contribution in [0.5, 0.6) is 5.75 Å². The lowest BCUT2D eigenvalue weighted by Gasteiger charge is -2.10. The number of amides is 1. The SMILES string of the molecule is COc1ccccc1C(=O)Nc1ccc(Nc2ccccc2)cc1. The number of anilines is 3. The Kier molecular flexibility index (Phi) is 4.77. The second-order valence-corrected chi connectivity index (χ2v) is 5.22. The number of para-hydroxylation sites is 2. The van der Waals surface area contributed by atoms with Gasteiger partial charge in [0.2, 0.25) is 0 Å². The van der Waals surface area contributed by atoms with E-state index in [1.54, 1.807) is 19.2 Å². The van der Waals surface area contributed by atoms with Crippen LogP contribution < -0.4 is 15.4 Å². The first-order chi connectivity index (χ1) is 11.8. The quantitative estimate of drug-likeness (QED) is 0.717. The highest BCUT2D eigenvalue weighted by Gasteiger charge is 2.11. The predicted octanol–water partition coefficient (Wildman–Crippen LogP) is 4.69. The van der Waals surface area contributed by atoms with E-state index in [9.17, 15) is 4.79 Å². The van der Waals surface area contributed by atoms with Crippen molar-refractivity contribution in [2.75, 3.05) is 17.7 Å². The van der Waals surface area contributed by atoms with E-state index in [0.717, 1.165) is 17.1 Å². The molecule has 0 atom stereocenters. The van der Waals surface area contributed by atoms with E-state index in [-0.39, 0.29) is 5.91 Å². The second kappa shape index (κ2) is 7.33. The average Bonchev–Trinajstić information content (AvgIpc) is 2.64. The van der Waals surface area contributed by atoms with Crippen LogP contribution in [0.1, 0.15) is 10.4 Å². The molecular weight excluding hydrogens is 300 g/mol. The minimum atomic E-state index is -0.198. The molecule has 3 aromatic rings. The molecule has 0 aromatic heterocycles. The molecule has 0 heterocycles. The first kappa shape index (κ1) is 15.6. The second-order valence-electron chi connectivity index (χ2n) is 5.22. The molecule has 3 rings (SSSR count). The van der Waals surface area contributed by atoms with E-state index in [1.165, 1.54) is 0 Å². The van der Waals surface area contributed by atoms with Gasteiger partial charge in [0.1, 0.15) is 5.75 Å². The lowest BCUT2D eigenvalue weighted by molar-refractivity contribution is 0.102. The van der Waals surface area contributed by atoms with Gasteiger partial charge in [0, 0.05) is 17.1 Å². The van der Waals surface area contributed by atoms with Crippen molar-refractivity contribution < 1.29 is 9.53 Å². The molecule has 24 heavy (non-hydrogen) atoms. The molecular formula is C20H18N2O2. The molecule has 4 heteroatoms. The van der Waals surface area contributed by atoms with Crippen molar-refractivity contribution in [3.8, 4) is 5.75 Å². The highest BCUT2D eigenvalue weighted by Crippen LogP contribution is 2.21. The van der Waals surface area contributed by atoms with Gasteiger partial charge in [0.05, 0.1) is 12.7 Å². The summed E-state index contributed by atoms with van der Waals surface area (Å²) in [5.74, 6) is 0.355. The number of hydrogen-bond acceptors (Lipinski definition) is 3. The Balaban J connectivity index is 1.69. The molecule has 0 aliphatic rings. The summed E-state index contributed by atoms with van der Waals surface area (Å²) in [5.41, 5.74) is 3.20. The fourth-order valence-electron chi connectivity index (χ4n) is 2.36. The van der Waals surface area contributed by atoms with Gasteiger partial charge in [-0.25, -0.2) is 0 Å². The van der Waals surface area contributed by atoms with E-state index < -0.39 is 0 Å². The number of benzene rings is 3. The van der Waals surface area contributed by atoms with Crippen LogP contribution in [0.15, 0.2) is 78.9 Å². The number of hydrogen-bond donors (Lipinski definition) is 2. The average molecular weight is 318 g/mol. The standard InChI is InChI=1S/C20H18N2O2/c1-24-19-10-6-5-9-18(19)20(23)22-17-13-11-16(12-14-17)21-15-7-3-2-4-8-15/h2-14,21H,1H3,(H,22,23). The minimum Gasteiger partial charge on any atom is -0.496 e. The Bertz CT molecular complexity index is 815. The van der Waals surface area contributed by atoms with Gasteiger partial charge < -0.3 is 15.4 Å². The highest BCUT2D eigenvalue weighted by atomic mass is 16.5. The van der Waals surface area contributed by atoms with Crippen LogP contribution in [0.25, 0.3) is 0 Å². The fraction of sp³-hybridized carbons (Fsp3) is 0.0500. The van der Waals surface area contributed by atoms with Crippen molar-refractivity contribution in [1.29, 1.82) is 0 Å². The Morgan fingerprint density at radius 3 is 2.04 bits per heavy atom. The van der Waals surface area contributed by atoms with E-state index in [2.05, 4.69) is 10.6 Å². The molecule has 0 aliphatic carbocycles. The molecule has 0 saturated heterocycles. The van der Waals surface area contributed by atoms with E-state index >= 15 is 0 Å². The van der Waals surface area contributed by atoms with Crippen molar-refractivity contribution in [3.63, 3.8) is 0 Å². The summed E-state index contributed by atoms with van der Waals surface area (Å²) < 4.78 is 5.22. The van der Waals surface area contributed by atoms with E-state index in [0.29, 0.717) is 11.3 Å². The van der Waals surface area contributed by atoms with Gasteiger partial charge in [-0.05, 0) is 48.5 Å². The molecule has 0 radical (unpaired) electrons. The molecule has 4 nitrogen and oxygen atoms in total. The van der Waals surface area contributed by atoms with Gasteiger partial charge >= 0.3 is 0 Å². The van der Waals surface area contributed by atoms with Crippen molar-refractivity contribution in [3.05, 3.63) is 84.4 Å². The number of ether oxygens (including phenoxy) is 1. The third-order valence-electron chi connectivity index (χ3n) is 3.56. The van der Waals surface area contributed by atoms with Crippen molar-refractivity contribution in [1.82, 2.24) is 0 Å². The van der Waals surface area contributed by atoms with Gasteiger partial charge in [-0.15, -0.1) is 0 Å². The zero-order chi connectivity index (χ0) is 16.8. The van der Waals surface area contributed by atoms with E-state index in [1.807, 2.05) is 66.7 Å². The van der Waals surface area contributed by atoms with Crippen molar-refractivity contribution >= 4 is 23.0 Å². The lowest BCUT2D eigenvalue weighted by atomic mass is 10.2. The first-order valence-corrected chi connectivity index (χ1v) is 7.63. The van der Waals surface area contributed by atoms with Gasteiger partial charge in [0.25, 0.3) is 5.91 Å². The largest absolute Gasteiger partial charge is 0.496 e. The maximum Gasteiger partial charge on any atom is 0.259 e. The van der Waals surface area contributed by atoms with Gasteiger partial charge in [0.15, 0.2) is 0 Å². The van der Waals surface area contributed by atoms with E-state index in [4.69, 9.17) is 4.74 Å². The Hall–Kier alpha value is -3.27. The Labute approximate surface area is 141 Å².